The second-order valence-corrected chi connectivity index (χ2v) is 6.64. The second-order valence-electron chi connectivity index (χ2n) is 6.64. The summed E-state index contributed by atoms with van der Waals surface area (Å²) in [5.74, 6) is 0.839. The first-order valence-corrected chi connectivity index (χ1v) is 7.34. The number of nitrogens with one attached hydrogen (secondary N) is 1. The van der Waals surface area contributed by atoms with Gasteiger partial charge in [0.15, 0.2) is 0 Å². The van der Waals surface area contributed by atoms with Gasteiger partial charge in [-0.2, -0.15) is 0 Å². The molecule has 2 atom stereocenters. The van der Waals surface area contributed by atoms with Crippen LogP contribution in [0.25, 0.3) is 0 Å². The van der Waals surface area contributed by atoms with E-state index in [0.29, 0.717) is 6.10 Å². The smallest absolute Gasteiger partial charge is 0.0576 e. The van der Waals surface area contributed by atoms with Gasteiger partial charge in [0.05, 0.1) is 6.10 Å². The Hall–Kier alpha value is -0.0800. The van der Waals surface area contributed by atoms with Crippen LogP contribution < -0.4 is 5.32 Å². The zero-order valence-corrected chi connectivity index (χ0v) is 12.2. The molecule has 2 heteroatoms. The van der Waals surface area contributed by atoms with E-state index >= 15 is 0 Å². The summed E-state index contributed by atoms with van der Waals surface area (Å²) in [5, 5.41) is 3.56. The lowest BCUT2D eigenvalue weighted by Crippen LogP contribution is -2.36. The quantitative estimate of drug-likeness (QED) is 0.733. The van der Waals surface area contributed by atoms with Crippen LogP contribution in [0.1, 0.15) is 66.2 Å². The Kier molecular flexibility index (Phi) is 6.50. The first-order valence-electron chi connectivity index (χ1n) is 7.34. The molecule has 0 aromatic rings. The molecule has 102 valence electrons. The summed E-state index contributed by atoms with van der Waals surface area (Å²) in [7, 11) is 0. The van der Waals surface area contributed by atoms with Crippen molar-refractivity contribution in [2.24, 2.45) is 5.92 Å². The van der Waals surface area contributed by atoms with Gasteiger partial charge in [-0.15, -0.1) is 0 Å². The van der Waals surface area contributed by atoms with E-state index in [9.17, 15) is 0 Å². The third kappa shape index (κ3) is 7.77. The van der Waals surface area contributed by atoms with Gasteiger partial charge in [-0.1, -0.05) is 19.8 Å². The van der Waals surface area contributed by atoms with Crippen molar-refractivity contribution in [3.8, 4) is 0 Å². The molecule has 0 radical (unpaired) electrons. The third-order valence-corrected chi connectivity index (χ3v) is 3.54. The Labute approximate surface area is 108 Å². The van der Waals surface area contributed by atoms with Crippen LogP contribution in [0.5, 0.6) is 0 Å². The first kappa shape index (κ1) is 15.0. The monoisotopic (exact) mass is 241 g/mol. The highest BCUT2D eigenvalue weighted by molar-refractivity contribution is 4.71. The summed E-state index contributed by atoms with van der Waals surface area (Å²) < 4.78 is 5.65. The average molecular weight is 241 g/mol. The van der Waals surface area contributed by atoms with Crippen LogP contribution in [0.4, 0.5) is 0 Å². The van der Waals surface area contributed by atoms with E-state index in [4.69, 9.17) is 4.74 Å². The zero-order chi connectivity index (χ0) is 12.7. The van der Waals surface area contributed by atoms with Gasteiger partial charge < -0.3 is 10.1 Å². The van der Waals surface area contributed by atoms with E-state index < -0.39 is 0 Å². The lowest BCUT2D eigenvalue weighted by molar-refractivity contribution is 0.101. The normalized spacial score (nSPS) is 22.9. The van der Waals surface area contributed by atoms with Gasteiger partial charge >= 0.3 is 0 Å². The molecule has 2 unspecified atom stereocenters. The van der Waals surface area contributed by atoms with Crippen molar-refractivity contribution in [3.05, 3.63) is 0 Å². The molecule has 1 aliphatic rings. The molecule has 1 heterocycles. The standard InChI is InChI=1S/C15H31NO/c1-13(10-11-16-15(2,3)4)7-5-8-14-9-6-12-17-14/h13-14,16H,5-12H2,1-4H3. The molecule has 1 aliphatic heterocycles. The molecule has 1 rings (SSSR count). The summed E-state index contributed by atoms with van der Waals surface area (Å²) in [6.45, 7) is 11.2. The molecule has 0 aliphatic carbocycles. The molecule has 1 fully saturated rings. The molecule has 1 saturated heterocycles. The molecule has 0 bridgehead atoms. The van der Waals surface area contributed by atoms with Crippen LogP contribution in [0.3, 0.4) is 0 Å². The fourth-order valence-corrected chi connectivity index (χ4v) is 2.40. The Morgan fingerprint density at radius 2 is 2.06 bits per heavy atom. The van der Waals surface area contributed by atoms with Crippen molar-refractivity contribution < 1.29 is 4.74 Å². The summed E-state index contributed by atoms with van der Waals surface area (Å²) in [4.78, 5) is 0. The van der Waals surface area contributed by atoms with Crippen LogP contribution >= 0.6 is 0 Å². The van der Waals surface area contributed by atoms with Crippen molar-refractivity contribution in [3.63, 3.8) is 0 Å². The highest BCUT2D eigenvalue weighted by Crippen LogP contribution is 2.20. The van der Waals surface area contributed by atoms with Crippen LogP contribution in [0, 0.1) is 5.92 Å². The fourth-order valence-electron chi connectivity index (χ4n) is 2.40. The number of ether oxygens (including phenoxy) is 1. The van der Waals surface area contributed by atoms with Gasteiger partial charge in [0, 0.05) is 12.1 Å². The summed E-state index contributed by atoms with van der Waals surface area (Å²) in [6, 6.07) is 0. The lowest BCUT2D eigenvalue weighted by Gasteiger charge is -2.22. The van der Waals surface area contributed by atoms with Crippen LogP contribution in [0.15, 0.2) is 0 Å². The molecule has 2 nitrogen and oxygen atoms in total. The van der Waals surface area contributed by atoms with Crippen molar-refractivity contribution in [1.29, 1.82) is 0 Å². The van der Waals surface area contributed by atoms with Crippen LogP contribution in [0.2, 0.25) is 0 Å². The molecule has 0 aromatic carbocycles. The van der Waals surface area contributed by atoms with Gasteiger partial charge in [-0.05, 0) is 58.9 Å². The summed E-state index contributed by atoms with van der Waals surface area (Å²) in [5.41, 5.74) is 0.261. The predicted molar refractivity (Wildman–Crippen MR) is 74.4 cm³/mol. The fraction of sp³-hybridized carbons (Fsp3) is 1.00. The van der Waals surface area contributed by atoms with E-state index in [1.165, 1.54) is 38.5 Å². The van der Waals surface area contributed by atoms with Crippen molar-refractivity contribution in [2.75, 3.05) is 13.2 Å². The summed E-state index contributed by atoms with van der Waals surface area (Å²) >= 11 is 0. The molecule has 17 heavy (non-hydrogen) atoms. The number of hydrogen-bond acceptors (Lipinski definition) is 2. The minimum absolute atomic E-state index is 0.261. The minimum atomic E-state index is 0.261. The molecule has 0 amide bonds. The van der Waals surface area contributed by atoms with Gasteiger partial charge in [-0.3, -0.25) is 0 Å². The van der Waals surface area contributed by atoms with Crippen LogP contribution in [-0.4, -0.2) is 24.8 Å². The molecule has 0 aromatic heterocycles. The maximum Gasteiger partial charge on any atom is 0.0576 e. The average Bonchev–Trinajstić information content (AvgIpc) is 2.68. The summed E-state index contributed by atoms with van der Waals surface area (Å²) in [6.07, 6.45) is 8.40. The van der Waals surface area contributed by atoms with E-state index in [-0.39, 0.29) is 5.54 Å². The highest BCUT2D eigenvalue weighted by atomic mass is 16.5. The topological polar surface area (TPSA) is 21.3 Å². The lowest BCUT2D eigenvalue weighted by atomic mass is 9.98. The number of hydrogen-bond donors (Lipinski definition) is 1. The van der Waals surface area contributed by atoms with Gasteiger partial charge in [0.25, 0.3) is 0 Å². The molecular weight excluding hydrogens is 210 g/mol. The zero-order valence-electron chi connectivity index (χ0n) is 12.2. The van der Waals surface area contributed by atoms with Gasteiger partial charge in [0.2, 0.25) is 0 Å². The van der Waals surface area contributed by atoms with Crippen molar-refractivity contribution >= 4 is 0 Å². The van der Waals surface area contributed by atoms with Crippen molar-refractivity contribution in [2.45, 2.75) is 77.9 Å². The molecule has 0 saturated carbocycles. The second kappa shape index (κ2) is 7.38. The highest BCUT2D eigenvalue weighted by Gasteiger charge is 2.15. The maximum absolute atomic E-state index is 5.65. The van der Waals surface area contributed by atoms with E-state index in [2.05, 4.69) is 33.0 Å². The van der Waals surface area contributed by atoms with E-state index in [0.717, 1.165) is 19.1 Å². The SMILES string of the molecule is CC(CCCC1CCCO1)CCNC(C)(C)C. The van der Waals surface area contributed by atoms with Gasteiger partial charge in [0.1, 0.15) is 0 Å². The molecule has 0 spiro atoms. The first-order chi connectivity index (χ1) is 7.97. The predicted octanol–water partition coefficient (Wildman–Crippen LogP) is 3.75. The Morgan fingerprint density at radius 1 is 1.29 bits per heavy atom. The molecular formula is C15H31NO. The Morgan fingerprint density at radius 3 is 2.65 bits per heavy atom. The molecule has 1 N–H and O–H groups in total. The van der Waals surface area contributed by atoms with Gasteiger partial charge in [-0.25, -0.2) is 0 Å². The van der Waals surface area contributed by atoms with Crippen molar-refractivity contribution in [1.82, 2.24) is 5.32 Å². The third-order valence-electron chi connectivity index (χ3n) is 3.54. The Balaban J connectivity index is 1.95. The van der Waals surface area contributed by atoms with Crippen LogP contribution in [-0.2, 0) is 4.74 Å². The maximum atomic E-state index is 5.65. The Bertz CT molecular complexity index is 192. The van der Waals surface area contributed by atoms with E-state index in [1.54, 1.807) is 0 Å². The van der Waals surface area contributed by atoms with E-state index in [1.807, 2.05) is 0 Å². The number of rotatable bonds is 7. The minimum Gasteiger partial charge on any atom is -0.378 e. The largest absolute Gasteiger partial charge is 0.378 e.